The van der Waals surface area contributed by atoms with Crippen molar-refractivity contribution in [2.45, 2.75) is 6.92 Å². The van der Waals surface area contributed by atoms with Gasteiger partial charge in [-0.1, -0.05) is 29.8 Å². The molecule has 0 aliphatic heterocycles. The van der Waals surface area contributed by atoms with E-state index in [2.05, 4.69) is 4.98 Å². The number of fused-ring (bicyclic) bond motifs is 1. The fraction of sp³-hybridized carbons (Fsp3) is 0.0588. The number of benzene rings is 1. The molecule has 0 saturated heterocycles. The van der Waals surface area contributed by atoms with Gasteiger partial charge in [0.2, 0.25) is 0 Å². The molecule has 0 aliphatic rings. The number of aryl methyl sites for hydroxylation is 1. The zero-order chi connectivity index (χ0) is 15.7. The number of pyridine rings is 1. The van der Waals surface area contributed by atoms with Gasteiger partial charge in [0.1, 0.15) is 5.65 Å². The smallest absolute Gasteiger partial charge is 0.328 e. The van der Waals surface area contributed by atoms with E-state index in [1.54, 1.807) is 18.2 Å². The molecule has 1 N–H and O–H groups in total. The summed E-state index contributed by atoms with van der Waals surface area (Å²) in [6.07, 6.45) is 4.61. The van der Waals surface area contributed by atoms with Gasteiger partial charge in [-0.05, 0) is 36.8 Å². The molecule has 0 atom stereocenters. The van der Waals surface area contributed by atoms with Crippen molar-refractivity contribution >= 4 is 29.3 Å². The van der Waals surface area contributed by atoms with Gasteiger partial charge in [-0.15, -0.1) is 0 Å². The Morgan fingerprint density at radius 3 is 2.64 bits per heavy atom. The lowest BCUT2D eigenvalue weighted by atomic mass is 10.1. The van der Waals surface area contributed by atoms with E-state index in [-0.39, 0.29) is 0 Å². The van der Waals surface area contributed by atoms with Crippen LogP contribution in [-0.4, -0.2) is 20.5 Å². The Morgan fingerprint density at radius 1 is 1.23 bits per heavy atom. The largest absolute Gasteiger partial charge is 0.478 e. The van der Waals surface area contributed by atoms with Gasteiger partial charge in [-0.25, -0.2) is 9.78 Å². The Balaban J connectivity index is 2.26. The van der Waals surface area contributed by atoms with Gasteiger partial charge in [-0.3, -0.25) is 4.40 Å². The third kappa shape index (κ3) is 2.73. The predicted octanol–water partition coefficient (Wildman–Crippen LogP) is 4.06. The van der Waals surface area contributed by atoms with E-state index >= 15 is 0 Å². The number of imidazole rings is 1. The van der Waals surface area contributed by atoms with Crippen molar-refractivity contribution in [1.82, 2.24) is 9.38 Å². The van der Waals surface area contributed by atoms with Crippen LogP contribution in [0.3, 0.4) is 0 Å². The predicted molar refractivity (Wildman–Crippen MR) is 87.0 cm³/mol. The highest BCUT2D eigenvalue weighted by atomic mass is 35.5. The highest BCUT2D eigenvalue weighted by molar-refractivity contribution is 6.30. The van der Waals surface area contributed by atoms with Crippen molar-refractivity contribution in [2.24, 2.45) is 0 Å². The van der Waals surface area contributed by atoms with Crippen LogP contribution in [0.4, 0.5) is 0 Å². The van der Waals surface area contributed by atoms with Crippen LogP contribution in [0, 0.1) is 6.92 Å². The molecule has 2 heterocycles. The average molecular weight is 313 g/mol. The standard InChI is InChI=1S/C17H13ClN2O2/c1-11-2-8-15-19-17(12-3-5-13(18)6-4-12)14(20(15)10-11)7-9-16(21)22/h2-10H,1H3,(H,21,22)/b9-7+. The molecule has 0 unspecified atom stereocenters. The monoisotopic (exact) mass is 312 g/mol. The summed E-state index contributed by atoms with van der Waals surface area (Å²) in [6.45, 7) is 1.98. The fourth-order valence-electron chi connectivity index (χ4n) is 2.30. The molecule has 0 spiro atoms. The summed E-state index contributed by atoms with van der Waals surface area (Å²) in [5.41, 5.74) is 4.16. The normalized spacial score (nSPS) is 11.4. The zero-order valence-electron chi connectivity index (χ0n) is 11.8. The van der Waals surface area contributed by atoms with Gasteiger partial charge in [0.05, 0.1) is 11.4 Å². The molecule has 0 aliphatic carbocycles. The van der Waals surface area contributed by atoms with Gasteiger partial charge in [0.15, 0.2) is 0 Å². The van der Waals surface area contributed by atoms with Gasteiger partial charge >= 0.3 is 5.97 Å². The quantitative estimate of drug-likeness (QED) is 0.742. The molecule has 0 saturated carbocycles. The topological polar surface area (TPSA) is 54.6 Å². The maximum absolute atomic E-state index is 10.9. The number of rotatable bonds is 3. The van der Waals surface area contributed by atoms with E-state index in [0.717, 1.165) is 34.2 Å². The van der Waals surface area contributed by atoms with E-state index in [1.807, 2.05) is 41.8 Å². The van der Waals surface area contributed by atoms with Crippen LogP contribution < -0.4 is 0 Å². The van der Waals surface area contributed by atoms with Crippen molar-refractivity contribution < 1.29 is 9.90 Å². The highest BCUT2D eigenvalue weighted by Crippen LogP contribution is 2.27. The van der Waals surface area contributed by atoms with Gasteiger partial charge in [0.25, 0.3) is 0 Å². The summed E-state index contributed by atoms with van der Waals surface area (Å²) in [7, 11) is 0. The molecule has 5 heteroatoms. The molecule has 0 amide bonds. The second kappa shape index (κ2) is 5.66. The van der Waals surface area contributed by atoms with Crippen molar-refractivity contribution in [1.29, 1.82) is 0 Å². The Morgan fingerprint density at radius 2 is 1.95 bits per heavy atom. The third-order valence-electron chi connectivity index (χ3n) is 3.30. The first-order chi connectivity index (χ1) is 10.5. The lowest BCUT2D eigenvalue weighted by Crippen LogP contribution is -1.92. The van der Waals surface area contributed by atoms with E-state index in [1.165, 1.54) is 0 Å². The van der Waals surface area contributed by atoms with Crippen LogP contribution in [0.5, 0.6) is 0 Å². The van der Waals surface area contributed by atoms with E-state index in [4.69, 9.17) is 16.7 Å². The molecule has 0 radical (unpaired) electrons. The Hall–Kier alpha value is -2.59. The SMILES string of the molecule is Cc1ccc2nc(-c3ccc(Cl)cc3)c(/C=C/C(=O)O)n2c1. The van der Waals surface area contributed by atoms with Crippen molar-refractivity contribution in [2.75, 3.05) is 0 Å². The average Bonchev–Trinajstić information content (AvgIpc) is 2.83. The number of halogens is 1. The molecule has 0 fully saturated rings. The van der Waals surface area contributed by atoms with Crippen LogP contribution in [0.15, 0.2) is 48.7 Å². The Kier molecular flexibility index (Phi) is 3.69. The van der Waals surface area contributed by atoms with Gasteiger partial charge < -0.3 is 5.11 Å². The van der Waals surface area contributed by atoms with Crippen LogP contribution in [0.1, 0.15) is 11.3 Å². The van der Waals surface area contributed by atoms with Crippen molar-refractivity contribution in [3.8, 4) is 11.3 Å². The molecule has 2 aromatic heterocycles. The number of aromatic nitrogens is 2. The number of carboxylic acid groups (broad SMARTS) is 1. The number of nitrogens with zero attached hydrogens (tertiary/aromatic N) is 2. The number of carbonyl (C=O) groups is 1. The third-order valence-corrected chi connectivity index (χ3v) is 3.56. The van der Waals surface area contributed by atoms with E-state index in [9.17, 15) is 4.79 Å². The second-order valence-corrected chi connectivity index (χ2v) is 5.40. The second-order valence-electron chi connectivity index (χ2n) is 4.96. The lowest BCUT2D eigenvalue weighted by Gasteiger charge is -2.01. The zero-order valence-corrected chi connectivity index (χ0v) is 12.6. The summed E-state index contributed by atoms with van der Waals surface area (Å²) in [5.74, 6) is -0.996. The summed E-state index contributed by atoms with van der Waals surface area (Å²) < 4.78 is 1.89. The molecule has 1 aromatic carbocycles. The number of hydrogen-bond donors (Lipinski definition) is 1. The van der Waals surface area contributed by atoms with Crippen molar-refractivity contribution in [3.63, 3.8) is 0 Å². The van der Waals surface area contributed by atoms with Crippen LogP contribution in [-0.2, 0) is 4.79 Å². The van der Waals surface area contributed by atoms with Crippen LogP contribution in [0.25, 0.3) is 23.0 Å². The molecule has 110 valence electrons. The molecule has 22 heavy (non-hydrogen) atoms. The van der Waals surface area contributed by atoms with E-state index in [0.29, 0.717) is 5.02 Å². The van der Waals surface area contributed by atoms with Crippen LogP contribution >= 0.6 is 11.6 Å². The molecular formula is C17H13ClN2O2. The number of carboxylic acids is 1. The maximum Gasteiger partial charge on any atom is 0.328 e. The lowest BCUT2D eigenvalue weighted by molar-refractivity contribution is -0.131. The van der Waals surface area contributed by atoms with Crippen LogP contribution in [0.2, 0.25) is 5.02 Å². The Bertz CT molecular complexity index is 880. The molecular weight excluding hydrogens is 300 g/mol. The minimum atomic E-state index is -0.996. The first kappa shape index (κ1) is 14.4. The Labute approximate surface area is 132 Å². The highest BCUT2D eigenvalue weighted by Gasteiger charge is 2.12. The first-order valence-electron chi connectivity index (χ1n) is 6.70. The minimum Gasteiger partial charge on any atom is -0.478 e. The fourth-order valence-corrected chi connectivity index (χ4v) is 2.42. The van der Waals surface area contributed by atoms with Gasteiger partial charge in [0, 0.05) is 22.9 Å². The molecule has 3 aromatic rings. The summed E-state index contributed by atoms with van der Waals surface area (Å²) in [6, 6.07) is 11.2. The van der Waals surface area contributed by atoms with E-state index < -0.39 is 5.97 Å². The summed E-state index contributed by atoms with van der Waals surface area (Å²) in [5, 5.41) is 9.55. The number of hydrogen-bond acceptors (Lipinski definition) is 2. The summed E-state index contributed by atoms with van der Waals surface area (Å²) >= 11 is 5.92. The minimum absolute atomic E-state index is 0.644. The first-order valence-corrected chi connectivity index (χ1v) is 7.08. The maximum atomic E-state index is 10.9. The molecule has 4 nitrogen and oxygen atoms in total. The van der Waals surface area contributed by atoms with Crippen molar-refractivity contribution in [3.05, 3.63) is 65.0 Å². The molecule has 0 bridgehead atoms. The number of aliphatic carboxylic acids is 1. The van der Waals surface area contributed by atoms with Gasteiger partial charge in [-0.2, -0.15) is 0 Å². The molecule has 3 rings (SSSR count). The summed E-state index contributed by atoms with van der Waals surface area (Å²) in [4.78, 5) is 15.5.